The number of nitrogens with one attached hydrogen (secondary N) is 3. The number of anilines is 4. The van der Waals surface area contributed by atoms with Gasteiger partial charge >= 0.3 is 0 Å². The lowest BCUT2D eigenvalue weighted by molar-refractivity contribution is 0.0329. The number of pyridine rings is 1. The standard InChI is InChI=1S/C17H22BN7O2/c1-21-5-7-27-24-17(26)11-9-25-6-4-22-16(25)14(20)15(11)23-13-3-2-10(18)8-12(13)19/h2-4,6,8-9,21,23H,5,7,18-20H2,1H3,(H,24,26). The molecule has 1 aromatic carbocycles. The molecule has 9 nitrogen and oxygen atoms in total. The third-order valence-corrected chi connectivity index (χ3v) is 4.05. The molecule has 0 unspecified atom stereocenters. The number of hydrogen-bond acceptors (Lipinski definition) is 7. The number of fused-ring (bicyclic) bond motifs is 1. The van der Waals surface area contributed by atoms with Crippen molar-refractivity contribution in [1.82, 2.24) is 20.2 Å². The van der Waals surface area contributed by atoms with Gasteiger partial charge in [0.25, 0.3) is 5.91 Å². The van der Waals surface area contributed by atoms with Crippen molar-refractivity contribution in [3.05, 3.63) is 42.4 Å². The van der Waals surface area contributed by atoms with Crippen molar-refractivity contribution >= 4 is 47.6 Å². The van der Waals surface area contributed by atoms with Crippen LogP contribution < -0.4 is 33.0 Å². The quantitative estimate of drug-likeness (QED) is 0.163. The minimum absolute atomic E-state index is 0.308. The number of aromatic nitrogens is 2. The number of amides is 1. The first-order chi connectivity index (χ1) is 13.0. The summed E-state index contributed by atoms with van der Waals surface area (Å²) in [7, 11) is 3.75. The number of hydroxylamine groups is 1. The van der Waals surface area contributed by atoms with Crippen LogP contribution in [-0.2, 0) is 4.84 Å². The normalized spacial score (nSPS) is 10.9. The highest BCUT2D eigenvalue weighted by Crippen LogP contribution is 2.32. The molecule has 3 aromatic rings. The van der Waals surface area contributed by atoms with E-state index in [1.54, 1.807) is 30.0 Å². The van der Waals surface area contributed by atoms with Crippen LogP contribution in [0.3, 0.4) is 0 Å². The third-order valence-electron chi connectivity index (χ3n) is 4.05. The van der Waals surface area contributed by atoms with Crippen molar-refractivity contribution in [2.24, 2.45) is 0 Å². The maximum absolute atomic E-state index is 12.7. The summed E-state index contributed by atoms with van der Waals surface area (Å²) in [5.41, 5.74) is 18.6. The number of nitrogens with two attached hydrogens (primary N) is 2. The molecule has 0 aliphatic rings. The summed E-state index contributed by atoms with van der Waals surface area (Å²) in [5, 5.41) is 6.10. The minimum atomic E-state index is -0.429. The van der Waals surface area contributed by atoms with Crippen LogP contribution >= 0.6 is 0 Å². The van der Waals surface area contributed by atoms with E-state index in [1.807, 2.05) is 26.0 Å². The average Bonchev–Trinajstić information content (AvgIpc) is 3.11. The van der Waals surface area contributed by atoms with Crippen LogP contribution in [0.5, 0.6) is 0 Å². The molecule has 0 aliphatic carbocycles. The largest absolute Gasteiger partial charge is 0.397 e. The average molecular weight is 367 g/mol. The Morgan fingerprint density at radius 2 is 2.19 bits per heavy atom. The van der Waals surface area contributed by atoms with Gasteiger partial charge in [-0.25, -0.2) is 10.5 Å². The molecule has 0 spiro atoms. The minimum Gasteiger partial charge on any atom is -0.397 e. The zero-order valence-corrected chi connectivity index (χ0v) is 15.2. The summed E-state index contributed by atoms with van der Waals surface area (Å²) in [6.07, 6.45) is 4.97. The third kappa shape index (κ3) is 3.96. The van der Waals surface area contributed by atoms with Crippen LogP contribution in [0.2, 0.25) is 0 Å². The molecule has 2 heterocycles. The lowest BCUT2D eigenvalue weighted by Crippen LogP contribution is -2.28. The Hall–Kier alpha value is -3.24. The molecule has 0 radical (unpaired) electrons. The van der Waals surface area contributed by atoms with Gasteiger partial charge in [-0.05, 0) is 19.2 Å². The Kier molecular flexibility index (Phi) is 5.48. The van der Waals surface area contributed by atoms with E-state index in [2.05, 4.69) is 21.1 Å². The fourth-order valence-corrected chi connectivity index (χ4v) is 2.65. The van der Waals surface area contributed by atoms with Crippen LogP contribution in [0.4, 0.5) is 22.7 Å². The zero-order chi connectivity index (χ0) is 19.4. The van der Waals surface area contributed by atoms with E-state index in [0.717, 1.165) is 5.46 Å². The molecule has 27 heavy (non-hydrogen) atoms. The van der Waals surface area contributed by atoms with Gasteiger partial charge in [0.05, 0.1) is 29.2 Å². The van der Waals surface area contributed by atoms with Gasteiger partial charge in [0.1, 0.15) is 13.5 Å². The second-order valence-corrected chi connectivity index (χ2v) is 6.09. The molecule has 1 amide bonds. The number of benzene rings is 1. The Labute approximate surface area is 157 Å². The van der Waals surface area contributed by atoms with Crippen LogP contribution in [-0.4, -0.2) is 43.3 Å². The van der Waals surface area contributed by atoms with Crippen molar-refractivity contribution in [1.29, 1.82) is 0 Å². The second kappa shape index (κ2) is 7.98. The number of carbonyl (C=O) groups is 1. The predicted molar refractivity (Wildman–Crippen MR) is 109 cm³/mol. The fraction of sp³-hybridized carbons (Fsp3) is 0.176. The molecule has 2 aromatic heterocycles. The molecule has 0 atom stereocenters. The highest BCUT2D eigenvalue weighted by atomic mass is 16.6. The van der Waals surface area contributed by atoms with E-state index >= 15 is 0 Å². The van der Waals surface area contributed by atoms with Gasteiger partial charge in [-0.2, -0.15) is 0 Å². The first kappa shape index (κ1) is 18.6. The number of likely N-dealkylation sites (N-methyl/N-ethyl adjacent to an activating group) is 1. The van der Waals surface area contributed by atoms with Crippen molar-refractivity contribution < 1.29 is 9.63 Å². The maximum atomic E-state index is 12.7. The lowest BCUT2D eigenvalue weighted by Gasteiger charge is -2.17. The predicted octanol–water partition coefficient (Wildman–Crippen LogP) is -0.618. The van der Waals surface area contributed by atoms with Crippen LogP contribution in [0.15, 0.2) is 36.8 Å². The topological polar surface area (TPSA) is 132 Å². The zero-order valence-electron chi connectivity index (χ0n) is 15.2. The van der Waals surface area contributed by atoms with E-state index in [9.17, 15) is 4.79 Å². The fourth-order valence-electron chi connectivity index (χ4n) is 2.65. The molecule has 0 bridgehead atoms. The van der Waals surface area contributed by atoms with Crippen LogP contribution in [0.1, 0.15) is 10.4 Å². The summed E-state index contributed by atoms with van der Waals surface area (Å²) in [5.74, 6) is -0.429. The first-order valence-corrected chi connectivity index (χ1v) is 8.46. The smallest absolute Gasteiger partial charge is 0.278 e. The molecular formula is C17H22BN7O2. The highest BCUT2D eigenvalue weighted by molar-refractivity contribution is 6.32. The molecule has 0 fully saturated rings. The van der Waals surface area contributed by atoms with Crippen molar-refractivity contribution in [2.45, 2.75) is 0 Å². The number of hydrogen-bond donors (Lipinski definition) is 5. The van der Waals surface area contributed by atoms with E-state index in [0.29, 0.717) is 47.1 Å². The monoisotopic (exact) mass is 367 g/mol. The van der Waals surface area contributed by atoms with Crippen molar-refractivity contribution in [3.63, 3.8) is 0 Å². The number of nitrogens with zero attached hydrogens (tertiary/aromatic N) is 2. The molecule has 140 valence electrons. The van der Waals surface area contributed by atoms with Gasteiger partial charge in [-0.15, -0.1) is 0 Å². The highest BCUT2D eigenvalue weighted by Gasteiger charge is 2.19. The Morgan fingerprint density at radius 1 is 1.37 bits per heavy atom. The van der Waals surface area contributed by atoms with Gasteiger partial charge in [0.15, 0.2) is 5.65 Å². The van der Waals surface area contributed by atoms with Gasteiger partial charge in [0, 0.05) is 25.1 Å². The lowest BCUT2D eigenvalue weighted by atomic mass is 9.95. The van der Waals surface area contributed by atoms with E-state index in [-0.39, 0.29) is 0 Å². The number of carbonyl (C=O) groups excluding carboxylic acids is 1. The second-order valence-electron chi connectivity index (χ2n) is 6.09. The Balaban J connectivity index is 1.98. The molecule has 7 N–H and O–H groups in total. The molecule has 0 saturated carbocycles. The Morgan fingerprint density at radius 3 is 2.93 bits per heavy atom. The molecule has 10 heteroatoms. The summed E-state index contributed by atoms with van der Waals surface area (Å²) in [4.78, 5) is 22.1. The summed E-state index contributed by atoms with van der Waals surface area (Å²) < 4.78 is 1.68. The first-order valence-electron chi connectivity index (χ1n) is 8.46. The van der Waals surface area contributed by atoms with Gasteiger partial charge in [-0.3, -0.25) is 9.63 Å². The SMILES string of the molecule is Bc1ccc(Nc2c(C(=O)NOCCNC)cn3ccnc3c2N)c(N)c1. The molecule has 0 saturated heterocycles. The Bertz CT molecular complexity index is 973. The summed E-state index contributed by atoms with van der Waals surface area (Å²) >= 11 is 0. The molecule has 3 rings (SSSR count). The van der Waals surface area contributed by atoms with E-state index in [4.69, 9.17) is 16.3 Å². The van der Waals surface area contributed by atoms with Gasteiger partial charge in [-0.1, -0.05) is 11.5 Å². The van der Waals surface area contributed by atoms with Gasteiger partial charge in [0.2, 0.25) is 0 Å². The van der Waals surface area contributed by atoms with Gasteiger partial charge < -0.3 is 26.5 Å². The molecular weight excluding hydrogens is 345 g/mol. The summed E-state index contributed by atoms with van der Waals surface area (Å²) in [6, 6.07) is 5.60. The van der Waals surface area contributed by atoms with Crippen molar-refractivity contribution in [3.8, 4) is 0 Å². The summed E-state index contributed by atoms with van der Waals surface area (Å²) in [6.45, 7) is 0.937. The van der Waals surface area contributed by atoms with Crippen molar-refractivity contribution in [2.75, 3.05) is 37.0 Å². The number of imidazole rings is 1. The van der Waals surface area contributed by atoms with Crippen LogP contribution in [0.25, 0.3) is 5.65 Å². The van der Waals surface area contributed by atoms with E-state index in [1.165, 1.54) is 0 Å². The van der Waals surface area contributed by atoms with E-state index < -0.39 is 5.91 Å². The molecule has 0 aliphatic heterocycles. The maximum Gasteiger partial charge on any atom is 0.278 e. The number of nitrogen functional groups attached to an aromatic ring is 2. The van der Waals surface area contributed by atoms with Crippen LogP contribution in [0, 0.1) is 0 Å². The number of rotatable bonds is 7.